The van der Waals surface area contributed by atoms with Crippen LogP contribution in [0.25, 0.3) is 0 Å². The zero-order chi connectivity index (χ0) is 18.9. The summed E-state index contributed by atoms with van der Waals surface area (Å²) in [7, 11) is -3.63. The van der Waals surface area contributed by atoms with Gasteiger partial charge in [0.2, 0.25) is 10.0 Å². The molecule has 2 heterocycles. The van der Waals surface area contributed by atoms with Crippen LogP contribution in [-0.4, -0.2) is 75.1 Å². The molecule has 7 nitrogen and oxygen atoms in total. The van der Waals surface area contributed by atoms with Crippen molar-refractivity contribution in [3.8, 4) is 0 Å². The van der Waals surface area contributed by atoms with Crippen molar-refractivity contribution in [3.05, 3.63) is 29.3 Å². The first kappa shape index (κ1) is 19.3. The molecule has 26 heavy (non-hydrogen) atoms. The lowest BCUT2D eigenvalue weighted by Gasteiger charge is -2.35. The van der Waals surface area contributed by atoms with Crippen LogP contribution in [0.5, 0.6) is 0 Å². The first-order valence-electron chi connectivity index (χ1n) is 8.92. The van der Waals surface area contributed by atoms with E-state index in [1.54, 1.807) is 17.0 Å². The zero-order valence-corrected chi connectivity index (χ0v) is 16.3. The molecule has 0 spiro atoms. The van der Waals surface area contributed by atoms with Crippen molar-refractivity contribution >= 4 is 15.9 Å². The number of hydrogen-bond donors (Lipinski definition) is 0. The molecule has 0 bridgehead atoms. The molecule has 2 atom stereocenters. The highest BCUT2D eigenvalue weighted by molar-refractivity contribution is 7.89. The standard InChI is InChI=1S/C18H26N2O5S/c1-13-4-5-16(26(22,23)20-6-8-24-9-7-20)10-17(13)18(21)19-11-14(2)25-15(3)12-19/h4-5,10,14-15H,6-9,11-12H2,1-3H3/t14-,15-/m0/s1. The molecule has 0 aromatic heterocycles. The van der Waals surface area contributed by atoms with E-state index in [-0.39, 0.29) is 23.0 Å². The van der Waals surface area contributed by atoms with Gasteiger partial charge in [-0.25, -0.2) is 8.42 Å². The number of morpholine rings is 2. The third-order valence-corrected chi connectivity index (χ3v) is 6.65. The summed E-state index contributed by atoms with van der Waals surface area (Å²) in [6, 6.07) is 4.78. The Hall–Kier alpha value is -1.48. The predicted molar refractivity (Wildman–Crippen MR) is 96.7 cm³/mol. The van der Waals surface area contributed by atoms with Gasteiger partial charge in [-0.3, -0.25) is 4.79 Å². The molecule has 2 fully saturated rings. The molecule has 2 aliphatic rings. The van der Waals surface area contributed by atoms with E-state index in [1.807, 2.05) is 20.8 Å². The molecule has 1 amide bonds. The van der Waals surface area contributed by atoms with E-state index in [4.69, 9.17) is 9.47 Å². The quantitative estimate of drug-likeness (QED) is 0.787. The minimum Gasteiger partial charge on any atom is -0.379 e. The van der Waals surface area contributed by atoms with Gasteiger partial charge in [0, 0.05) is 31.7 Å². The number of ether oxygens (including phenoxy) is 2. The largest absolute Gasteiger partial charge is 0.379 e. The van der Waals surface area contributed by atoms with Crippen LogP contribution < -0.4 is 0 Å². The normalized spacial score (nSPS) is 25.3. The molecule has 1 aromatic carbocycles. The molecular formula is C18H26N2O5S. The second-order valence-electron chi connectivity index (χ2n) is 6.96. The summed E-state index contributed by atoms with van der Waals surface area (Å²) in [6.07, 6.45) is -0.0773. The smallest absolute Gasteiger partial charge is 0.254 e. The Morgan fingerprint density at radius 1 is 1.12 bits per heavy atom. The van der Waals surface area contributed by atoms with Gasteiger partial charge in [-0.1, -0.05) is 6.07 Å². The molecule has 2 aliphatic heterocycles. The fraction of sp³-hybridized carbons (Fsp3) is 0.611. The summed E-state index contributed by atoms with van der Waals surface area (Å²) in [5.41, 5.74) is 1.20. The van der Waals surface area contributed by atoms with Crippen LogP contribution in [0.2, 0.25) is 0 Å². The van der Waals surface area contributed by atoms with Crippen LogP contribution in [0.4, 0.5) is 0 Å². The van der Waals surface area contributed by atoms with Gasteiger partial charge in [-0.15, -0.1) is 0 Å². The van der Waals surface area contributed by atoms with Gasteiger partial charge in [0.15, 0.2) is 0 Å². The predicted octanol–water partition coefficient (Wildman–Crippen LogP) is 1.27. The van der Waals surface area contributed by atoms with E-state index < -0.39 is 10.0 Å². The maximum Gasteiger partial charge on any atom is 0.254 e. The molecule has 0 unspecified atom stereocenters. The van der Waals surface area contributed by atoms with Crippen LogP contribution in [0.1, 0.15) is 29.8 Å². The highest BCUT2D eigenvalue weighted by Crippen LogP contribution is 2.23. The number of carbonyl (C=O) groups excluding carboxylic acids is 1. The van der Waals surface area contributed by atoms with Crippen molar-refractivity contribution in [1.29, 1.82) is 0 Å². The number of aryl methyl sites for hydroxylation is 1. The average molecular weight is 382 g/mol. The topological polar surface area (TPSA) is 76.2 Å². The lowest BCUT2D eigenvalue weighted by Crippen LogP contribution is -2.48. The summed E-state index contributed by atoms with van der Waals surface area (Å²) in [6.45, 7) is 8.14. The number of amides is 1. The van der Waals surface area contributed by atoms with E-state index >= 15 is 0 Å². The van der Waals surface area contributed by atoms with Gasteiger partial charge in [0.05, 0.1) is 30.3 Å². The third-order valence-electron chi connectivity index (χ3n) is 4.75. The number of nitrogens with zero attached hydrogens (tertiary/aromatic N) is 2. The Kier molecular flexibility index (Phi) is 5.67. The fourth-order valence-corrected chi connectivity index (χ4v) is 4.88. The number of sulfonamides is 1. The van der Waals surface area contributed by atoms with E-state index in [2.05, 4.69) is 0 Å². The molecule has 8 heteroatoms. The maximum atomic E-state index is 13.0. The van der Waals surface area contributed by atoms with E-state index in [1.165, 1.54) is 10.4 Å². The van der Waals surface area contributed by atoms with Crippen molar-refractivity contribution in [1.82, 2.24) is 9.21 Å². The minimum atomic E-state index is -3.63. The highest BCUT2D eigenvalue weighted by Gasteiger charge is 2.30. The first-order valence-corrected chi connectivity index (χ1v) is 10.4. The molecule has 1 aromatic rings. The van der Waals surface area contributed by atoms with Crippen molar-refractivity contribution in [3.63, 3.8) is 0 Å². The highest BCUT2D eigenvalue weighted by atomic mass is 32.2. The zero-order valence-electron chi connectivity index (χ0n) is 15.5. The number of hydrogen-bond acceptors (Lipinski definition) is 5. The minimum absolute atomic E-state index is 0.0386. The van der Waals surface area contributed by atoms with Crippen LogP contribution >= 0.6 is 0 Å². The molecule has 144 valence electrons. The van der Waals surface area contributed by atoms with Crippen LogP contribution in [0.15, 0.2) is 23.1 Å². The maximum absolute atomic E-state index is 13.0. The Balaban J connectivity index is 1.89. The first-order chi connectivity index (χ1) is 12.3. The molecule has 3 rings (SSSR count). The Bertz CT molecular complexity index is 764. The summed E-state index contributed by atoms with van der Waals surface area (Å²) >= 11 is 0. The summed E-state index contributed by atoms with van der Waals surface area (Å²) in [5, 5.41) is 0. The lowest BCUT2D eigenvalue weighted by atomic mass is 10.1. The van der Waals surface area contributed by atoms with Gasteiger partial charge >= 0.3 is 0 Å². The van der Waals surface area contributed by atoms with Gasteiger partial charge in [0.25, 0.3) is 5.91 Å². The third kappa shape index (κ3) is 3.93. The van der Waals surface area contributed by atoms with E-state index in [0.29, 0.717) is 45.0 Å². The average Bonchev–Trinajstić information content (AvgIpc) is 2.61. The number of carbonyl (C=O) groups is 1. The number of rotatable bonds is 3. The Morgan fingerprint density at radius 3 is 2.35 bits per heavy atom. The van der Waals surface area contributed by atoms with Crippen LogP contribution in [0, 0.1) is 6.92 Å². The van der Waals surface area contributed by atoms with Crippen LogP contribution in [-0.2, 0) is 19.5 Å². The van der Waals surface area contributed by atoms with Crippen molar-refractivity contribution < 1.29 is 22.7 Å². The molecule has 0 N–H and O–H groups in total. The van der Waals surface area contributed by atoms with Crippen molar-refractivity contribution in [2.24, 2.45) is 0 Å². The summed E-state index contributed by atoms with van der Waals surface area (Å²) < 4.78 is 38.1. The summed E-state index contributed by atoms with van der Waals surface area (Å²) in [4.78, 5) is 14.9. The summed E-state index contributed by atoms with van der Waals surface area (Å²) in [5.74, 6) is -0.150. The van der Waals surface area contributed by atoms with Crippen molar-refractivity contribution in [2.75, 3.05) is 39.4 Å². The van der Waals surface area contributed by atoms with E-state index in [0.717, 1.165) is 5.56 Å². The van der Waals surface area contributed by atoms with Crippen LogP contribution in [0.3, 0.4) is 0 Å². The molecule has 2 saturated heterocycles. The number of benzene rings is 1. The van der Waals surface area contributed by atoms with Gasteiger partial charge in [-0.05, 0) is 38.5 Å². The fourth-order valence-electron chi connectivity index (χ4n) is 3.44. The Morgan fingerprint density at radius 2 is 1.73 bits per heavy atom. The second-order valence-corrected chi connectivity index (χ2v) is 8.90. The second kappa shape index (κ2) is 7.64. The molecular weight excluding hydrogens is 356 g/mol. The van der Waals surface area contributed by atoms with Gasteiger partial charge in [0.1, 0.15) is 0 Å². The van der Waals surface area contributed by atoms with Crippen molar-refractivity contribution in [2.45, 2.75) is 37.9 Å². The van der Waals surface area contributed by atoms with Gasteiger partial charge < -0.3 is 14.4 Å². The Labute approximate surface area is 154 Å². The monoisotopic (exact) mass is 382 g/mol. The SMILES string of the molecule is Cc1ccc(S(=O)(=O)N2CCOCC2)cc1C(=O)N1C[C@H](C)O[C@@H](C)C1. The van der Waals surface area contributed by atoms with Gasteiger partial charge in [-0.2, -0.15) is 4.31 Å². The lowest BCUT2D eigenvalue weighted by molar-refractivity contribution is -0.0586. The molecule has 0 saturated carbocycles. The van der Waals surface area contributed by atoms with E-state index in [9.17, 15) is 13.2 Å². The molecule has 0 aliphatic carbocycles. The molecule has 0 radical (unpaired) electrons.